The van der Waals surface area contributed by atoms with Crippen LogP contribution in [0.5, 0.6) is 5.75 Å². The number of para-hydroxylation sites is 1. The average molecular weight is 417 g/mol. The molecule has 156 valence electrons. The molecule has 6 nitrogen and oxygen atoms in total. The smallest absolute Gasteiger partial charge is 0.264 e. The van der Waals surface area contributed by atoms with Crippen molar-refractivity contribution in [3.8, 4) is 5.75 Å². The summed E-state index contributed by atoms with van der Waals surface area (Å²) in [6.07, 6.45) is 3.62. The minimum absolute atomic E-state index is 0.0872. The first-order chi connectivity index (χ1) is 13.9. The zero-order chi connectivity index (χ0) is 20.9. The Morgan fingerprint density at radius 3 is 2.76 bits per heavy atom. The van der Waals surface area contributed by atoms with Crippen molar-refractivity contribution < 1.29 is 17.9 Å². The van der Waals surface area contributed by atoms with Gasteiger partial charge < -0.3 is 10.1 Å². The molecule has 0 aromatic heterocycles. The molecule has 29 heavy (non-hydrogen) atoms. The molecule has 1 aliphatic rings. The third-order valence-electron chi connectivity index (χ3n) is 5.01. The molecule has 7 heteroatoms. The van der Waals surface area contributed by atoms with Crippen molar-refractivity contribution in [2.75, 3.05) is 24.0 Å². The molecule has 2 aromatic carbocycles. The Morgan fingerprint density at radius 2 is 2.00 bits per heavy atom. The lowest BCUT2D eigenvalue weighted by atomic mass is 10.0. The number of amides is 1. The molecule has 0 bridgehead atoms. The van der Waals surface area contributed by atoms with Gasteiger partial charge in [0, 0.05) is 13.1 Å². The summed E-state index contributed by atoms with van der Waals surface area (Å²) in [7, 11) is -3.66. The van der Waals surface area contributed by atoms with E-state index in [0.717, 1.165) is 36.9 Å². The molecule has 0 atom stereocenters. The number of carbonyl (C=O) groups is 1. The number of carbonyl (C=O) groups excluding carboxylic acids is 1. The van der Waals surface area contributed by atoms with Crippen LogP contribution in [0.25, 0.3) is 0 Å². The van der Waals surface area contributed by atoms with E-state index in [9.17, 15) is 13.2 Å². The van der Waals surface area contributed by atoms with Gasteiger partial charge in [0.05, 0.1) is 10.6 Å². The van der Waals surface area contributed by atoms with Crippen LogP contribution < -0.4 is 14.4 Å². The topological polar surface area (TPSA) is 75.7 Å². The average Bonchev–Trinajstić information content (AvgIpc) is 2.72. The summed E-state index contributed by atoms with van der Waals surface area (Å²) in [6.45, 7) is 4.86. The summed E-state index contributed by atoms with van der Waals surface area (Å²) < 4.78 is 33.6. The van der Waals surface area contributed by atoms with Gasteiger partial charge in [0.25, 0.3) is 15.9 Å². The molecule has 1 N–H and O–H groups in total. The van der Waals surface area contributed by atoms with Crippen LogP contribution >= 0.6 is 0 Å². The Labute approximate surface area is 172 Å². The van der Waals surface area contributed by atoms with Gasteiger partial charge in [-0.05, 0) is 61.6 Å². The fourth-order valence-corrected chi connectivity index (χ4v) is 5.05. The van der Waals surface area contributed by atoms with Crippen molar-refractivity contribution in [3.63, 3.8) is 0 Å². The summed E-state index contributed by atoms with van der Waals surface area (Å²) in [5.74, 6) is 0.327. The number of hydrogen-bond donors (Lipinski definition) is 1. The minimum atomic E-state index is -3.66. The highest BCUT2D eigenvalue weighted by Gasteiger charge is 2.29. The number of ether oxygens (including phenoxy) is 1. The molecule has 1 amide bonds. The molecule has 1 aliphatic heterocycles. The van der Waals surface area contributed by atoms with Crippen LogP contribution in [0.2, 0.25) is 0 Å². The lowest BCUT2D eigenvalue weighted by Crippen LogP contribution is -2.35. The standard InChI is InChI=1S/C22H28N2O4S/c1-3-4-13-23-22(25)16-28-21-12-11-19(15-17(21)2)29(26,27)24-14-7-9-18-8-5-6-10-20(18)24/h5-6,8,10-12,15H,3-4,7,9,13-14,16H2,1-2H3,(H,23,25). The summed E-state index contributed by atoms with van der Waals surface area (Å²) in [5, 5.41) is 2.79. The number of hydrogen-bond acceptors (Lipinski definition) is 4. The molecule has 0 fully saturated rings. The predicted molar refractivity (Wildman–Crippen MR) is 114 cm³/mol. The van der Waals surface area contributed by atoms with Crippen LogP contribution in [-0.4, -0.2) is 34.0 Å². The molecule has 0 radical (unpaired) electrons. The first kappa shape index (κ1) is 21.2. The highest BCUT2D eigenvalue weighted by Crippen LogP contribution is 2.33. The van der Waals surface area contributed by atoms with Crippen molar-refractivity contribution in [3.05, 3.63) is 53.6 Å². The number of nitrogens with one attached hydrogen (secondary N) is 1. The zero-order valence-corrected chi connectivity index (χ0v) is 17.8. The van der Waals surface area contributed by atoms with Gasteiger partial charge in [-0.1, -0.05) is 31.5 Å². The Morgan fingerprint density at radius 1 is 1.21 bits per heavy atom. The van der Waals surface area contributed by atoms with Crippen LogP contribution in [0.15, 0.2) is 47.4 Å². The van der Waals surface area contributed by atoms with E-state index in [2.05, 4.69) is 12.2 Å². The Bertz CT molecular complexity index is 973. The summed E-state index contributed by atoms with van der Waals surface area (Å²) in [4.78, 5) is 12.0. The lowest BCUT2D eigenvalue weighted by molar-refractivity contribution is -0.123. The van der Waals surface area contributed by atoms with Crippen LogP contribution in [-0.2, 0) is 21.2 Å². The van der Waals surface area contributed by atoms with Gasteiger partial charge in [0.2, 0.25) is 0 Å². The Hall–Kier alpha value is -2.54. The predicted octanol–water partition coefficient (Wildman–Crippen LogP) is 3.43. The van der Waals surface area contributed by atoms with Gasteiger partial charge in [-0.25, -0.2) is 8.42 Å². The molecule has 0 aliphatic carbocycles. The van der Waals surface area contributed by atoms with Gasteiger partial charge in [-0.2, -0.15) is 0 Å². The first-order valence-corrected chi connectivity index (χ1v) is 11.5. The lowest BCUT2D eigenvalue weighted by Gasteiger charge is -2.30. The largest absolute Gasteiger partial charge is 0.484 e. The molecular weight excluding hydrogens is 388 g/mol. The number of unbranched alkanes of at least 4 members (excludes halogenated alkanes) is 1. The van der Waals surface area contributed by atoms with Crippen molar-refractivity contribution >= 4 is 21.6 Å². The van der Waals surface area contributed by atoms with Crippen molar-refractivity contribution in [2.24, 2.45) is 0 Å². The van der Waals surface area contributed by atoms with E-state index in [-0.39, 0.29) is 17.4 Å². The van der Waals surface area contributed by atoms with Gasteiger partial charge in [0.15, 0.2) is 6.61 Å². The van der Waals surface area contributed by atoms with Crippen LogP contribution in [0, 0.1) is 6.92 Å². The quantitative estimate of drug-likeness (QED) is 0.669. The second-order valence-corrected chi connectivity index (χ2v) is 9.09. The normalized spacial score (nSPS) is 13.7. The maximum atomic E-state index is 13.2. The highest BCUT2D eigenvalue weighted by molar-refractivity contribution is 7.92. The minimum Gasteiger partial charge on any atom is -0.484 e. The maximum Gasteiger partial charge on any atom is 0.264 e. The van der Waals surface area contributed by atoms with Crippen molar-refractivity contribution in [1.29, 1.82) is 0 Å². The number of rotatable bonds is 8. The van der Waals surface area contributed by atoms with E-state index in [1.54, 1.807) is 25.1 Å². The number of aryl methyl sites for hydroxylation is 2. The van der Waals surface area contributed by atoms with Gasteiger partial charge in [0.1, 0.15) is 5.75 Å². The first-order valence-electron chi connectivity index (χ1n) is 10.0. The fourth-order valence-electron chi connectivity index (χ4n) is 3.42. The summed E-state index contributed by atoms with van der Waals surface area (Å²) >= 11 is 0. The zero-order valence-electron chi connectivity index (χ0n) is 17.0. The number of fused-ring (bicyclic) bond motifs is 1. The highest BCUT2D eigenvalue weighted by atomic mass is 32.2. The summed E-state index contributed by atoms with van der Waals surface area (Å²) in [6, 6.07) is 12.4. The molecule has 0 saturated carbocycles. The van der Waals surface area contributed by atoms with E-state index in [1.807, 2.05) is 24.3 Å². The third-order valence-corrected chi connectivity index (χ3v) is 6.82. The molecule has 2 aromatic rings. The van der Waals surface area contributed by atoms with Gasteiger partial charge in [-0.15, -0.1) is 0 Å². The molecule has 0 saturated heterocycles. The Balaban J connectivity index is 1.74. The molecule has 3 rings (SSSR count). The molecular formula is C22H28N2O4S. The van der Waals surface area contributed by atoms with Crippen LogP contribution in [0.1, 0.15) is 37.3 Å². The third kappa shape index (κ3) is 4.90. The maximum absolute atomic E-state index is 13.2. The van der Waals surface area contributed by atoms with Crippen LogP contribution in [0.3, 0.4) is 0 Å². The van der Waals surface area contributed by atoms with E-state index >= 15 is 0 Å². The fraction of sp³-hybridized carbons (Fsp3) is 0.409. The van der Waals surface area contributed by atoms with E-state index < -0.39 is 10.0 Å². The van der Waals surface area contributed by atoms with Crippen LogP contribution in [0.4, 0.5) is 5.69 Å². The van der Waals surface area contributed by atoms with E-state index in [4.69, 9.17) is 4.74 Å². The number of nitrogens with zero attached hydrogens (tertiary/aromatic N) is 1. The van der Waals surface area contributed by atoms with E-state index in [0.29, 0.717) is 24.4 Å². The second-order valence-electron chi connectivity index (χ2n) is 7.23. The number of anilines is 1. The summed E-state index contributed by atoms with van der Waals surface area (Å²) in [5.41, 5.74) is 2.48. The van der Waals surface area contributed by atoms with Gasteiger partial charge in [-0.3, -0.25) is 9.10 Å². The molecule has 1 heterocycles. The molecule has 0 unspecified atom stereocenters. The SMILES string of the molecule is CCCCNC(=O)COc1ccc(S(=O)(=O)N2CCCc3ccccc32)cc1C. The number of sulfonamides is 1. The number of benzene rings is 2. The van der Waals surface area contributed by atoms with Crippen molar-refractivity contribution in [2.45, 2.75) is 44.4 Å². The van der Waals surface area contributed by atoms with Gasteiger partial charge >= 0.3 is 0 Å². The second kappa shape index (κ2) is 9.31. The monoisotopic (exact) mass is 416 g/mol. The van der Waals surface area contributed by atoms with Crippen molar-refractivity contribution in [1.82, 2.24) is 5.32 Å². The Kier molecular flexibility index (Phi) is 6.79. The van der Waals surface area contributed by atoms with E-state index in [1.165, 1.54) is 4.31 Å². The molecule has 0 spiro atoms.